The first kappa shape index (κ1) is 19.5. The van der Waals surface area contributed by atoms with E-state index < -0.39 is 12.6 Å². The number of carboxylic acid groups (broad SMARTS) is 1. The van der Waals surface area contributed by atoms with Crippen LogP contribution in [0.2, 0.25) is 0 Å². The predicted molar refractivity (Wildman–Crippen MR) is 95.8 cm³/mol. The molecular weight excluding hydrogens is 336 g/mol. The van der Waals surface area contributed by atoms with Crippen molar-refractivity contribution in [2.24, 2.45) is 0 Å². The molecule has 0 saturated carbocycles. The number of aliphatic carboxylic acids is 1. The highest BCUT2D eigenvalue weighted by Gasteiger charge is 2.18. The van der Waals surface area contributed by atoms with Gasteiger partial charge in [0.2, 0.25) is 0 Å². The molecular formula is C19H24N2O5. The van der Waals surface area contributed by atoms with Gasteiger partial charge in [0.1, 0.15) is 11.5 Å². The smallest absolute Gasteiger partial charge is 0.341 e. The van der Waals surface area contributed by atoms with Crippen LogP contribution in [0.1, 0.15) is 51.3 Å². The highest BCUT2D eigenvalue weighted by atomic mass is 16.5. The molecule has 2 aromatic rings. The zero-order valence-corrected chi connectivity index (χ0v) is 15.7. The van der Waals surface area contributed by atoms with Crippen LogP contribution in [0.4, 0.5) is 0 Å². The molecule has 7 heteroatoms. The van der Waals surface area contributed by atoms with Crippen LogP contribution >= 0.6 is 0 Å². The Morgan fingerprint density at radius 3 is 2.35 bits per heavy atom. The third-order valence-corrected chi connectivity index (χ3v) is 4.21. The molecule has 0 aliphatic rings. The Hall–Kier alpha value is -2.83. The normalized spacial score (nSPS) is 11.9. The third kappa shape index (κ3) is 4.41. The number of hydrogen-bond donors (Lipinski definition) is 2. The largest absolute Gasteiger partial charge is 0.481 e. The lowest BCUT2D eigenvalue weighted by Crippen LogP contribution is -2.28. The van der Waals surface area contributed by atoms with Crippen molar-refractivity contribution in [3.8, 4) is 5.75 Å². The number of hydrogen-bond acceptors (Lipinski definition) is 5. The van der Waals surface area contributed by atoms with Gasteiger partial charge < -0.3 is 19.7 Å². The van der Waals surface area contributed by atoms with E-state index in [1.54, 1.807) is 26.0 Å². The summed E-state index contributed by atoms with van der Waals surface area (Å²) in [6, 6.07) is 3.39. The number of carbonyl (C=O) groups is 2. The Morgan fingerprint density at radius 1 is 1.23 bits per heavy atom. The molecule has 140 valence electrons. The lowest BCUT2D eigenvalue weighted by molar-refractivity contribution is -0.139. The Balaban J connectivity index is 2.06. The average molecular weight is 360 g/mol. The third-order valence-electron chi connectivity index (χ3n) is 4.21. The Morgan fingerprint density at radius 2 is 1.85 bits per heavy atom. The van der Waals surface area contributed by atoms with Crippen molar-refractivity contribution >= 4 is 11.9 Å². The summed E-state index contributed by atoms with van der Waals surface area (Å²) in [5.74, 6) is 0.0907. The van der Waals surface area contributed by atoms with Gasteiger partial charge in [0.15, 0.2) is 6.61 Å². The van der Waals surface area contributed by atoms with Crippen molar-refractivity contribution in [3.05, 3.63) is 45.8 Å². The van der Waals surface area contributed by atoms with E-state index in [0.717, 1.165) is 28.1 Å². The summed E-state index contributed by atoms with van der Waals surface area (Å²) < 4.78 is 10.5. The molecule has 0 bridgehead atoms. The van der Waals surface area contributed by atoms with Crippen LogP contribution in [0.3, 0.4) is 0 Å². The van der Waals surface area contributed by atoms with Crippen molar-refractivity contribution in [1.82, 2.24) is 10.5 Å². The molecule has 1 aromatic carbocycles. The van der Waals surface area contributed by atoms with Crippen molar-refractivity contribution in [2.45, 2.75) is 40.5 Å². The van der Waals surface area contributed by atoms with Crippen LogP contribution in [0.5, 0.6) is 5.75 Å². The first-order valence-corrected chi connectivity index (χ1v) is 8.37. The Labute approximate surface area is 152 Å². The lowest BCUT2D eigenvalue weighted by Gasteiger charge is -2.15. The number of amides is 1. The number of ether oxygens (including phenoxy) is 1. The van der Waals surface area contributed by atoms with Gasteiger partial charge in [-0.25, -0.2) is 4.79 Å². The fourth-order valence-corrected chi connectivity index (χ4v) is 3.09. The minimum Gasteiger partial charge on any atom is -0.481 e. The quantitative estimate of drug-likeness (QED) is 0.787. The fourth-order valence-electron chi connectivity index (χ4n) is 3.09. The van der Waals surface area contributed by atoms with Gasteiger partial charge in [-0.1, -0.05) is 12.1 Å². The van der Waals surface area contributed by atoms with E-state index in [0.29, 0.717) is 17.9 Å². The second-order valence-corrected chi connectivity index (χ2v) is 6.47. The summed E-state index contributed by atoms with van der Waals surface area (Å²) in [6.07, 6.45) is 0. The van der Waals surface area contributed by atoms with Gasteiger partial charge in [0.25, 0.3) is 5.91 Å². The standard InChI is InChI=1S/C19H24N2O5/c1-10-6-15(7-11(2)18(10)25-9-16(22)23)19(24)20-8-12(3)17-13(4)21-26-14(17)5/h6-7,12H,8-9H2,1-5H3,(H,20,24)(H,22,23). The molecule has 0 aliphatic heterocycles. The van der Waals surface area contributed by atoms with E-state index in [9.17, 15) is 9.59 Å². The molecule has 0 aliphatic carbocycles. The highest BCUT2D eigenvalue weighted by Crippen LogP contribution is 2.25. The van der Waals surface area contributed by atoms with Gasteiger partial charge in [0, 0.05) is 23.6 Å². The summed E-state index contributed by atoms with van der Waals surface area (Å²) in [5, 5.41) is 15.6. The molecule has 1 unspecified atom stereocenters. The number of rotatable bonds is 7. The first-order chi connectivity index (χ1) is 12.2. The zero-order valence-electron chi connectivity index (χ0n) is 15.7. The summed E-state index contributed by atoms with van der Waals surface area (Å²) in [6.45, 7) is 9.36. The van der Waals surface area contributed by atoms with E-state index in [2.05, 4.69) is 10.5 Å². The zero-order chi connectivity index (χ0) is 19.4. The number of nitrogens with one attached hydrogen (secondary N) is 1. The molecule has 7 nitrogen and oxygen atoms in total. The van der Waals surface area contributed by atoms with Gasteiger partial charge in [-0.15, -0.1) is 0 Å². The SMILES string of the molecule is Cc1cc(C(=O)NCC(C)c2c(C)noc2C)cc(C)c1OCC(=O)O. The van der Waals surface area contributed by atoms with E-state index in [1.807, 2.05) is 20.8 Å². The minimum atomic E-state index is -1.04. The van der Waals surface area contributed by atoms with Crippen molar-refractivity contribution in [2.75, 3.05) is 13.2 Å². The van der Waals surface area contributed by atoms with Gasteiger partial charge in [-0.3, -0.25) is 4.79 Å². The van der Waals surface area contributed by atoms with Crippen LogP contribution in [0.15, 0.2) is 16.7 Å². The van der Waals surface area contributed by atoms with E-state index in [4.69, 9.17) is 14.4 Å². The van der Waals surface area contributed by atoms with E-state index >= 15 is 0 Å². The number of nitrogens with zero attached hydrogens (tertiary/aromatic N) is 1. The van der Waals surface area contributed by atoms with Crippen LogP contribution in [-0.4, -0.2) is 35.3 Å². The van der Waals surface area contributed by atoms with Gasteiger partial charge in [-0.2, -0.15) is 0 Å². The van der Waals surface area contributed by atoms with Gasteiger partial charge in [-0.05, 0) is 51.0 Å². The topological polar surface area (TPSA) is 102 Å². The molecule has 1 amide bonds. The van der Waals surface area contributed by atoms with Crippen LogP contribution in [0.25, 0.3) is 0 Å². The van der Waals surface area contributed by atoms with Crippen molar-refractivity contribution < 1.29 is 24.0 Å². The van der Waals surface area contributed by atoms with Crippen molar-refractivity contribution in [1.29, 1.82) is 0 Å². The van der Waals surface area contributed by atoms with Crippen LogP contribution in [-0.2, 0) is 4.79 Å². The lowest BCUT2D eigenvalue weighted by atomic mass is 9.99. The van der Waals surface area contributed by atoms with Crippen LogP contribution in [0, 0.1) is 27.7 Å². The molecule has 1 atom stereocenters. The maximum atomic E-state index is 12.5. The fraction of sp³-hybridized carbons (Fsp3) is 0.421. The first-order valence-electron chi connectivity index (χ1n) is 8.37. The van der Waals surface area contributed by atoms with E-state index in [1.165, 1.54) is 0 Å². The summed E-state index contributed by atoms with van der Waals surface area (Å²) in [4.78, 5) is 23.1. The monoisotopic (exact) mass is 360 g/mol. The molecule has 26 heavy (non-hydrogen) atoms. The number of carboxylic acids is 1. The maximum absolute atomic E-state index is 12.5. The average Bonchev–Trinajstić information content (AvgIpc) is 2.89. The summed E-state index contributed by atoms with van der Waals surface area (Å²) in [7, 11) is 0. The minimum absolute atomic E-state index is 0.0746. The molecule has 0 spiro atoms. The Kier molecular flexibility index (Phi) is 6.02. The number of carbonyl (C=O) groups excluding carboxylic acids is 1. The molecule has 0 radical (unpaired) electrons. The van der Waals surface area contributed by atoms with Crippen molar-refractivity contribution in [3.63, 3.8) is 0 Å². The van der Waals surface area contributed by atoms with Crippen LogP contribution < -0.4 is 10.1 Å². The highest BCUT2D eigenvalue weighted by molar-refractivity contribution is 5.95. The van der Waals surface area contributed by atoms with E-state index in [-0.39, 0.29) is 11.8 Å². The molecule has 1 aromatic heterocycles. The maximum Gasteiger partial charge on any atom is 0.341 e. The Bertz CT molecular complexity index is 783. The second-order valence-electron chi connectivity index (χ2n) is 6.47. The molecule has 2 rings (SSSR count). The number of aromatic nitrogens is 1. The molecule has 2 N–H and O–H groups in total. The second kappa shape index (κ2) is 8.03. The number of benzene rings is 1. The molecule has 0 saturated heterocycles. The molecule has 1 heterocycles. The summed E-state index contributed by atoms with van der Waals surface area (Å²) >= 11 is 0. The molecule has 0 fully saturated rings. The van der Waals surface area contributed by atoms with Gasteiger partial charge in [0.05, 0.1) is 5.69 Å². The number of aryl methyl sites for hydroxylation is 4. The summed E-state index contributed by atoms with van der Waals surface area (Å²) in [5.41, 5.74) is 3.78. The van der Waals surface area contributed by atoms with Gasteiger partial charge >= 0.3 is 5.97 Å². The predicted octanol–water partition coefficient (Wildman–Crippen LogP) is 2.91.